The Morgan fingerprint density at radius 2 is 2.18 bits per heavy atom. The lowest BCUT2D eigenvalue weighted by Crippen LogP contribution is -2.03. The molecule has 0 aliphatic rings. The van der Waals surface area contributed by atoms with E-state index in [1.807, 2.05) is 18.2 Å². The standard InChI is InChI=1S/C8H10INO/c1-11-6-10-8-5-3-2-4-7(8)9/h2-5,10H,6H2,1H3. The van der Waals surface area contributed by atoms with Crippen LogP contribution in [0.3, 0.4) is 0 Å². The van der Waals surface area contributed by atoms with Crippen molar-refractivity contribution < 1.29 is 4.74 Å². The molecule has 0 bridgehead atoms. The van der Waals surface area contributed by atoms with Crippen LogP contribution in [0.5, 0.6) is 0 Å². The molecule has 0 aliphatic carbocycles. The number of nitrogens with one attached hydrogen (secondary N) is 1. The van der Waals surface area contributed by atoms with Crippen LogP contribution in [0.25, 0.3) is 0 Å². The van der Waals surface area contributed by atoms with Gasteiger partial charge in [-0.2, -0.15) is 0 Å². The van der Waals surface area contributed by atoms with Gasteiger partial charge in [-0.3, -0.25) is 0 Å². The lowest BCUT2D eigenvalue weighted by atomic mass is 10.3. The fourth-order valence-electron chi connectivity index (χ4n) is 0.754. The first-order chi connectivity index (χ1) is 5.34. The summed E-state index contributed by atoms with van der Waals surface area (Å²) < 4.78 is 6.10. The molecule has 0 heterocycles. The molecule has 0 spiro atoms. The Hall–Kier alpha value is -0.290. The van der Waals surface area contributed by atoms with Crippen molar-refractivity contribution in [1.29, 1.82) is 0 Å². The van der Waals surface area contributed by atoms with Crippen molar-refractivity contribution in [3.63, 3.8) is 0 Å². The van der Waals surface area contributed by atoms with E-state index >= 15 is 0 Å². The van der Waals surface area contributed by atoms with E-state index in [0.717, 1.165) is 5.69 Å². The maximum atomic E-state index is 4.89. The number of ether oxygens (including phenoxy) is 1. The van der Waals surface area contributed by atoms with Crippen LogP contribution in [0.15, 0.2) is 24.3 Å². The maximum absolute atomic E-state index is 4.89. The second-order valence-corrected chi connectivity index (χ2v) is 3.25. The zero-order valence-electron chi connectivity index (χ0n) is 6.30. The van der Waals surface area contributed by atoms with Crippen molar-refractivity contribution in [3.05, 3.63) is 27.8 Å². The molecule has 0 aromatic heterocycles. The normalized spacial score (nSPS) is 9.64. The van der Waals surface area contributed by atoms with E-state index < -0.39 is 0 Å². The first-order valence-corrected chi connectivity index (χ1v) is 4.40. The first-order valence-electron chi connectivity index (χ1n) is 3.32. The molecule has 3 heteroatoms. The summed E-state index contributed by atoms with van der Waals surface area (Å²) in [5, 5.41) is 3.13. The lowest BCUT2D eigenvalue weighted by molar-refractivity contribution is 0.221. The Morgan fingerprint density at radius 3 is 2.82 bits per heavy atom. The van der Waals surface area contributed by atoms with Gasteiger partial charge in [0.2, 0.25) is 0 Å². The molecule has 1 aromatic rings. The minimum absolute atomic E-state index is 0.556. The minimum Gasteiger partial charge on any atom is -0.365 e. The number of halogens is 1. The number of para-hydroxylation sites is 1. The average Bonchev–Trinajstić information content (AvgIpc) is 2.03. The average molecular weight is 263 g/mol. The van der Waals surface area contributed by atoms with Crippen molar-refractivity contribution in [3.8, 4) is 0 Å². The molecule has 0 saturated carbocycles. The van der Waals surface area contributed by atoms with Gasteiger partial charge in [0.1, 0.15) is 6.73 Å². The number of methoxy groups -OCH3 is 1. The van der Waals surface area contributed by atoms with E-state index in [2.05, 4.69) is 34.0 Å². The van der Waals surface area contributed by atoms with Crippen LogP contribution in [-0.2, 0) is 4.74 Å². The molecular formula is C8H10INO. The summed E-state index contributed by atoms with van der Waals surface area (Å²) in [6.07, 6.45) is 0. The lowest BCUT2D eigenvalue weighted by Gasteiger charge is -2.05. The highest BCUT2D eigenvalue weighted by atomic mass is 127. The molecule has 0 atom stereocenters. The molecule has 0 fully saturated rings. The smallest absolute Gasteiger partial charge is 0.116 e. The van der Waals surface area contributed by atoms with Crippen molar-refractivity contribution in [2.75, 3.05) is 19.2 Å². The molecule has 0 saturated heterocycles. The van der Waals surface area contributed by atoms with Gasteiger partial charge in [0, 0.05) is 16.4 Å². The van der Waals surface area contributed by atoms with Gasteiger partial charge >= 0.3 is 0 Å². The molecule has 1 rings (SSSR count). The van der Waals surface area contributed by atoms with E-state index in [0.29, 0.717) is 6.73 Å². The van der Waals surface area contributed by atoms with Gasteiger partial charge in [0.25, 0.3) is 0 Å². The van der Waals surface area contributed by atoms with Crippen molar-refractivity contribution >= 4 is 28.3 Å². The Labute approximate surface area is 80.1 Å². The van der Waals surface area contributed by atoms with Gasteiger partial charge in [-0.15, -0.1) is 0 Å². The quantitative estimate of drug-likeness (QED) is 0.667. The Bertz CT molecular complexity index is 227. The Morgan fingerprint density at radius 1 is 1.45 bits per heavy atom. The van der Waals surface area contributed by atoms with Crippen LogP contribution < -0.4 is 5.32 Å². The molecule has 0 aliphatic heterocycles. The third-order valence-electron chi connectivity index (χ3n) is 1.28. The van der Waals surface area contributed by atoms with E-state index in [1.54, 1.807) is 7.11 Å². The zero-order valence-corrected chi connectivity index (χ0v) is 8.46. The third kappa shape index (κ3) is 2.67. The molecule has 11 heavy (non-hydrogen) atoms. The highest BCUT2D eigenvalue weighted by Crippen LogP contribution is 2.16. The maximum Gasteiger partial charge on any atom is 0.116 e. The van der Waals surface area contributed by atoms with Crippen LogP contribution in [0.1, 0.15) is 0 Å². The summed E-state index contributed by atoms with van der Waals surface area (Å²) >= 11 is 2.28. The molecule has 60 valence electrons. The van der Waals surface area contributed by atoms with E-state index in [-0.39, 0.29) is 0 Å². The predicted molar refractivity (Wildman–Crippen MR) is 54.7 cm³/mol. The van der Waals surface area contributed by atoms with Crippen molar-refractivity contribution in [2.24, 2.45) is 0 Å². The fraction of sp³-hybridized carbons (Fsp3) is 0.250. The van der Waals surface area contributed by atoms with E-state index in [1.165, 1.54) is 3.57 Å². The Balaban J connectivity index is 2.62. The van der Waals surface area contributed by atoms with Crippen LogP contribution in [0, 0.1) is 3.57 Å². The Kier molecular flexibility index (Phi) is 3.65. The number of rotatable bonds is 3. The largest absolute Gasteiger partial charge is 0.365 e. The fourth-order valence-corrected chi connectivity index (χ4v) is 1.33. The van der Waals surface area contributed by atoms with Crippen molar-refractivity contribution in [2.45, 2.75) is 0 Å². The van der Waals surface area contributed by atoms with Gasteiger partial charge in [-0.25, -0.2) is 0 Å². The molecule has 0 unspecified atom stereocenters. The third-order valence-corrected chi connectivity index (χ3v) is 2.22. The molecular weight excluding hydrogens is 253 g/mol. The van der Waals surface area contributed by atoms with Crippen LogP contribution in [0.2, 0.25) is 0 Å². The van der Waals surface area contributed by atoms with Gasteiger partial charge in [0.05, 0.1) is 0 Å². The highest BCUT2D eigenvalue weighted by molar-refractivity contribution is 14.1. The number of benzene rings is 1. The highest BCUT2D eigenvalue weighted by Gasteiger charge is 1.93. The SMILES string of the molecule is COCNc1ccccc1I. The van der Waals surface area contributed by atoms with Gasteiger partial charge < -0.3 is 10.1 Å². The molecule has 0 radical (unpaired) electrons. The summed E-state index contributed by atoms with van der Waals surface area (Å²) in [6, 6.07) is 8.10. The topological polar surface area (TPSA) is 21.3 Å². The van der Waals surface area contributed by atoms with E-state index in [4.69, 9.17) is 4.74 Å². The van der Waals surface area contributed by atoms with Crippen molar-refractivity contribution in [1.82, 2.24) is 0 Å². The summed E-state index contributed by atoms with van der Waals surface area (Å²) in [7, 11) is 1.67. The summed E-state index contributed by atoms with van der Waals surface area (Å²) in [4.78, 5) is 0. The van der Waals surface area contributed by atoms with Crippen LogP contribution in [0.4, 0.5) is 5.69 Å². The molecule has 1 N–H and O–H groups in total. The van der Waals surface area contributed by atoms with E-state index in [9.17, 15) is 0 Å². The number of hydrogen-bond acceptors (Lipinski definition) is 2. The monoisotopic (exact) mass is 263 g/mol. The van der Waals surface area contributed by atoms with Gasteiger partial charge in [0.15, 0.2) is 0 Å². The summed E-state index contributed by atoms with van der Waals surface area (Å²) in [5.74, 6) is 0. The summed E-state index contributed by atoms with van der Waals surface area (Å²) in [6.45, 7) is 0.556. The number of anilines is 1. The number of hydrogen-bond donors (Lipinski definition) is 1. The summed E-state index contributed by atoms with van der Waals surface area (Å²) in [5.41, 5.74) is 1.12. The second kappa shape index (κ2) is 4.56. The van der Waals surface area contributed by atoms with Crippen LogP contribution >= 0.6 is 22.6 Å². The minimum atomic E-state index is 0.556. The zero-order chi connectivity index (χ0) is 8.10. The predicted octanol–water partition coefficient (Wildman–Crippen LogP) is 2.31. The van der Waals surface area contributed by atoms with Crippen LogP contribution in [-0.4, -0.2) is 13.8 Å². The van der Waals surface area contributed by atoms with Gasteiger partial charge in [-0.1, -0.05) is 12.1 Å². The molecule has 0 amide bonds. The first kappa shape index (κ1) is 8.80. The molecule has 2 nitrogen and oxygen atoms in total. The molecule has 1 aromatic carbocycles. The second-order valence-electron chi connectivity index (χ2n) is 2.09. The van der Waals surface area contributed by atoms with Gasteiger partial charge in [-0.05, 0) is 34.7 Å².